The number of nitrogens with one attached hydrogen (secondary N) is 1. The van der Waals surface area contributed by atoms with E-state index in [1.54, 1.807) is 24.3 Å². The molecule has 0 bridgehead atoms. The zero-order valence-electron chi connectivity index (χ0n) is 13.4. The van der Waals surface area contributed by atoms with Gasteiger partial charge >= 0.3 is 5.97 Å². The van der Waals surface area contributed by atoms with Crippen molar-refractivity contribution in [1.82, 2.24) is 5.32 Å². The molecular weight excluding hydrogens is 306 g/mol. The number of carbonyl (C=O) groups is 2. The molecule has 5 nitrogen and oxygen atoms in total. The number of amides is 1. The third-order valence-electron chi connectivity index (χ3n) is 4.17. The van der Waals surface area contributed by atoms with Crippen LogP contribution in [0.3, 0.4) is 0 Å². The summed E-state index contributed by atoms with van der Waals surface area (Å²) in [5, 5.41) is 11.7. The Bertz CT molecular complexity index is 742. The van der Waals surface area contributed by atoms with E-state index in [9.17, 15) is 9.59 Å². The van der Waals surface area contributed by atoms with Crippen molar-refractivity contribution >= 4 is 11.9 Å². The molecule has 124 valence electrons. The molecular formula is C19H19NO4. The molecule has 0 heterocycles. The predicted molar refractivity (Wildman–Crippen MR) is 89.3 cm³/mol. The van der Waals surface area contributed by atoms with Crippen molar-refractivity contribution in [3.8, 4) is 5.75 Å². The van der Waals surface area contributed by atoms with Crippen LogP contribution in [0.15, 0.2) is 48.5 Å². The van der Waals surface area contributed by atoms with Crippen molar-refractivity contribution < 1.29 is 19.4 Å². The highest BCUT2D eigenvalue weighted by molar-refractivity contribution is 5.94. The Kier molecular flexibility index (Phi) is 4.25. The Labute approximate surface area is 140 Å². The molecule has 1 aliphatic carbocycles. The minimum Gasteiger partial charge on any atom is -0.482 e. The van der Waals surface area contributed by atoms with Gasteiger partial charge in [-0.15, -0.1) is 0 Å². The molecule has 3 rings (SSSR count). The number of carboxylic acids is 1. The summed E-state index contributed by atoms with van der Waals surface area (Å²) in [6.07, 6.45) is 1.63. The third kappa shape index (κ3) is 3.56. The van der Waals surface area contributed by atoms with E-state index in [-0.39, 0.29) is 11.4 Å². The molecule has 2 aromatic carbocycles. The van der Waals surface area contributed by atoms with E-state index < -0.39 is 12.6 Å². The lowest BCUT2D eigenvalue weighted by molar-refractivity contribution is -0.139. The van der Waals surface area contributed by atoms with Crippen molar-refractivity contribution in [1.29, 1.82) is 0 Å². The third-order valence-corrected chi connectivity index (χ3v) is 4.17. The van der Waals surface area contributed by atoms with Crippen LogP contribution in [-0.4, -0.2) is 29.1 Å². The van der Waals surface area contributed by atoms with E-state index in [0.717, 1.165) is 12.8 Å². The van der Waals surface area contributed by atoms with E-state index in [1.165, 1.54) is 11.1 Å². The van der Waals surface area contributed by atoms with Crippen LogP contribution in [0.1, 0.15) is 28.4 Å². The average Bonchev–Trinajstić information content (AvgIpc) is 2.88. The molecule has 1 amide bonds. The van der Waals surface area contributed by atoms with Crippen LogP contribution in [0.2, 0.25) is 0 Å². The first-order valence-electron chi connectivity index (χ1n) is 7.79. The number of carbonyl (C=O) groups excluding carboxylic acids is 1. The summed E-state index contributed by atoms with van der Waals surface area (Å²) in [4.78, 5) is 23.0. The molecule has 0 spiro atoms. The van der Waals surface area contributed by atoms with Gasteiger partial charge in [-0.1, -0.05) is 24.3 Å². The fourth-order valence-electron chi connectivity index (χ4n) is 3.09. The van der Waals surface area contributed by atoms with Crippen LogP contribution < -0.4 is 10.1 Å². The SMILES string of the molecule is CC1(NC(=O)c2ccc(OCC(=O)O)cc2)Cc2ccccc2C1. The van der Waals surface area contributed by atoms with Crippen molar-refractivity contribution in [3.63, 3.8) is 0 Å². The second-order valence-electron chi connectivity index (χ2n) is 6.34. The maximum Gasteiger partial charge on any atom is 0.341 e. The number of ether oxygens (including phenoxy) is 1. The van der Waals surface area contributed by atoms with Crippen molar-refractivity contribution in [2.75, 3.05) is 6.61 Å². The van der Waals surface area contributed by atoms with Crippen molar-refractivity contribution in [2.45, 2.75) is 25.3 Å². The molecule has 5 heteroatoms. The first-order valence-corrected chi connectivity index (χ1v) is 7.79. The molecule has 0 fully saturated rings. The zero-order chi connectivity index (χ0) is 17.2. The molecule has 0 atom stereocenters. The fourth-order valence-corrected chi connectivity index (χ4v) is 3.09. The second-order valence-corrected chi connectivity index (χ2v) is 6.34. The lowest BCUT2D eigenvalue weighted by Crippen LogP contribution is -2.46. The van der Waals surface area contributed by atoms with E-state index >= 15 is 0 Å². The van der Waals surface area contributed by atoms with Crippen molar-refractivity contribution in [2.24, 2.45) is 0 Å². The minimum absolute atomic E-state index is 0.143. The summed E-state index contributed by atoms with van der Waals surface area (Å²) in [6.45, 7) is 1.65. The molecule has 0 saturated heterocycles. The number of benzene rings is 2. The number of hydrogen-bond donors (Lipinski definition) is 2. The summed E-state index contributed by atoms with van der Waals surface area (Å²) in [6, 6.07) is 14.7. The summed E-state index contributed by atoms with van der Waals surface area (Å²) in [7, 11) is 0. The van der Waals surface area contributed by atoms with E-state index in [1.807, 2.05) is 12.1 Å². The second kappa shape index (κ2) is 6.35. The van der Waals surface area contributed by atoms with Crippen molar-refractivity contribution in [3.05, 3.63) is 65.2 Å². The topological polar surface area (TPSA) is 75.6 Å². The number of hydrogen-bond acceptors (Lipinski definition) is 3. The Morgan fingerprint density at radius 1 is 1.08 bits per heavy atom. The number of aliphatic carboxylic acids is 1. The van der Waals surface area contributed by atoms with Gasteiger partial charge in [0, 0.05) is 11.1 Å². The summed E-state index contributed by atoms with van der Waals surface area (Å²) in [5.74, 6) is -0.755. The Morgan fingerprint density at radius 3 is 2.21 bits per heavy atom. The van der Waals surface area contributed by atoms with Crippen LogP contribution in [0.4, 0.5) is 0 Å². The maximum absolute atomic E-state index is 12.5. The molecule has 0 unspecified atom stereocenters. The largest absolute Gasteiger partial charge is 0.482 e. The molecule has 0 aliphatic heterocycles. The van der Waals surface area contributed by atoms with Gasteiger partial charge in [0.15, 0.2) is 6.61 Å². The first-order chi connectivity index (χ1) is 11.5. The highest BCUT2D eigenvalue weighted by atomic mass is 16.5. The van der Waals surface area contributed by atoms with E-state index in [4.69, 9.17) is 9.84 Å². The maximum atomic E-state index is 12.5. The van der Waals surface area contributed by atoms with Crippen LogP contribution >= 0.6 is 0 Å². The van der Waals surface area contributed by atoms with Crippen LogP contribution in [0.5, 0.6) is 5.75 Å². The molecule has 0 aromatic heterocycles. The normalized spacial score (nSPS) is 14.7. The lowest BCUT2D eigenvalue weighted by Gasteiger charge is -2.25. The van der Waals surface area contributed by atoms with E-state index in [2.05, 4.69) is 24.4 Å². The predicted octanol–water partition coefficient (Wildman–Crippen LogP) is 2.44. The molecule has 0 radical (unpaired) electrons. The number of carboxylic acid groups (broad SMARTS) is 1. The lowest BCUT2D eigenvalue weighted by atomic mass is 9.98. The molecule has 2 aromatic rings. The molecule has 0 saturated carbocycles. The highest BCUT2D eigenvalue weighted by Gasteiger charge is 2.34. The molecule has 24 heavy (non-hydrogen) atoms. The Balaban J connectivity index is 1.64. The quantitative estimate of drug-likeness (QED) is 0.885. The molecule has 2 N–H and O–H groups in total. The van der Waals surface area contributed by atoms with Crippen LogP contribution in [0, 0.1) is 0 Å². The first kappa shape index (κ1) is 16.1. The van der Waals surface area contributed by atoms with Crippen LogP contribution in [-0.2, 0) is 17.6 Å². The van der Waals surface area contributed by atoms with Gasteiger partial charge < -0.3 is 15.2 Å². The van der Waals surface area contributed by atoms with Gasteiger partial charge in [-0.25, -0.2) is 4.79 Å². The minimum atomic E-state index is -1.04. The summed E-state index contributed by atoms with van der Waals surface area (Å²) >= 11 is 0. The zero-order valence-corrected chi connectivity index (χ0v) is 13.4. The monoisotopic (exact) mass is 325 g/mol. The Morgan fingerprint density at radius 2 is 1.67 bits per heavy atom. The smallest absolute Gasteiger partial charge is 0.341 e. The van der Waals surface area contributed by atoms with E-state index in [0.29, 0.717) is 11.3 Å². The standard InChI is InChI=1S/C19H19NO4/c1-19(10-14-4-2-3-5-15(14)11-19)20-18(23)13-6-8-16(9-7-13)24-12-17(21)22/h2-9H,10-12H2,1H3,(H,20,23)(H,21,22). The van der Waals surface area contributed by atoms with Gasteiger partial charge in [-0.2, -0.15) is 0 Å². The summed E-state index contributed by atoms with van der Waals surface area (Å²) < 4.78 is 5.07. The molecule has 1 aliphatic rings. The van der Waals surface area contributed by atoms with Gasteiger partial charge in [0.2, 0.25) is 0 Å². The van der Waals surface area contributed by atoms with Gasteiger partial charge in [-0.3, -0.25) is 4.79 Å². The van der Waals surface area contributed by atoms with Gasteiger partial charge in [0.25, 0.3) is 5.91 Å². The van der Waals surface area contributed by atoms with Gasteiger partial charge in [0.1, 0.15) is 5.75 Å². The Hall–Kier alpha value is -2.82. The fraction of sp³-hybridized carbons (Fsp3) is 0.263. The summed E-state index contributed by atoms with van der Waals surface area (Å²) in [5.41, 5.74) is 2.78. The average molecular weight is 325 g/mol. The van der Waals surface area contributed by atoms with Gasteiger partial charge in [0.05, 0.1) is 0 Å². The van der Waals surface area contributed by atoms with Gasteiger partial charge in [-0.05, 0) is 55.2 Å². The van der Waals surface area contributed by atoms with Crippen LogP contribution in [0.25, 0.3) is 0 Å². The number of fused-ring (bicyclic) bond motifs is 1. The number of rotatable bonds is 5. The highest BCUT2D eigenvalue weighted by Crippen LogP contribution is 2.30.